The summed E-state index contributed by atoms with van der Waals surface area (Å²) in [6.45, 7) is 11.5. The van der Waals surface area contributed by atoms with Gasteiger partial charge in [-0.1, -0.05) is 25.5 Å². The molecule has 4 heteroatoms. The lowest BCUT2D eigenvalue weighted by atomic mass is 9.48. The van der Waals surface area contributed by atoms with E-state index in [9.17, 15) is 4.79 Å². The van der Waals surface area contributed by atoms with Gasteiger partial charge in [-0.2, -0.15) is 0 Å². The van der Waals surface area contributed by atoms with Crippen molar-refractivity contribution < 1.29 is 9.53 Å². The molecule has 0 aromatic carbocycles. The molecule has 0 spiro atoms. The van der Waals surface area contributed by atoms with Gasteiger partial charge >= 0.3 is 5.97 Å². The Kier molecular flexibility index (Phi) is 6.28. The van der Waals surface area contributed by atoms with Crippen molar-refractivity contribution in [3.63, 3.8) is 0 Å². The molecule has 0 aromatic rings. The van der Waals surface area contributed by atoms with Crippen LogP contribution in [-0.4, -0.2) is 48.9 Å². The zero-order valence-corrected chi connectivity index (χ0v) is 20.7. The Balaban J connectivity index is 1.25. The fourth-order valence-corrected chi connectivity index (χ4v) is 8.53. The molecule has 0 aromatic heterocycles. The molecule has 1 heterocycles. The number of aliphatic imine (C=N–C) groups is 1. The number of esters is 1. The summed E-state index contributed by atoms with van der Waals surface area (Å²) in [6.07, 6.45) is 16.3. The second-order valence-electron chi connectivity index (χ2n) is 12.0. The summed E-state index contributed by atoms with van der Waals surface area (Å²) in [6, 6.07) is 0. The van der Waals surface area contributed by atoms with Gasteiger partial charge in [0.05, 0.1) is 0 Å². The lowest BCUT2D eigenvalue weighted by molar-refractivity contribution is -0.148. The first-order chi connectivity index (χ1) is 15.4. The number of hydrogen-bond donors (Lipinski definition) is 0. The van der Waals surface area contributed by atoms with Gasteiger partial charge in [-0.15, -0.1) is 0 Å². The van der Waals surface area contributed by atoms with Gasteiger partial charge in [0.25, 0.3) is 0 Å². The molecule has 0 radical (unpaired) electrons. The number of carbonyl (C=O) groups excluding carboxylic acids is 1. The van der Waals surface area contributed by atoms with E-state index in [-0.39, 0.29) is 12.1 Å². The Morgan fingerprint density at radius 1 is 1.12 bits per heavy atom. The van der Waals surface area contributed by atoms with Gasteiger partial charge in [-0.3, -0.25) is 9.79 Å². The molecule has 0 amide bonds. The van der Waals surface area contributed by atoms with E-state index in [4.69, 9.17) is 9.73 Å². The first kappa shape index (κ1) is 22.6. The largest absolute Gasteiger partial charge is 0.462 e. The Bertz CT molecular complexity index is 782. The van der Waals surface area contributed by atoms with Crippen molar-refractivity contribution in [1.29, 1.82) is 0 Å². The Morgan fingerprint density at radius 3 is 2.66 bits per heavy atom. The van der Waals surface area contributed by atoms with E-state index in [2.05, 4.69) is 24.8 Å². The van der Waals surface area contributed by atoms with Crippen LogP contribution in [0.5, 0.6) is 0 Å². The Morgan fingerprint density at radius 2 is 1.88 bits per heavy atom. The average Bonchev–Trinajstić information content (AvgIpc) is 3.38. The maximum Gasteiger partial charge on any atom is 0.302 e. The number of ether oxygens (including phenoxy) is 1. The standard InChI is InChI=1S/C28H44N2O2/c1-20(31)32-22-11-13-27(2)21(19-22)7-8-23-24-9-10-26(28(24,3)14-12-25(23)27)29-15-6-18-30-16-4-5-17-30/h7,22-25H,4-6,8-19H2,1-3H3/t22?,23-,24-,25-,27-,28-/m0/s1. The minimum atomic E-state index is -0.125. The summed E-state index contributed by atoms with van der Waals surface area (Å²) in [5, 5.41) is 0. The number of nitrogens with zero attached hydrogens (tertiary/aromatic N) is 2. The minimum absolute atomic E-state index is 0.100. The van der Waals surface area contributed by atoms with E-state index in [0.29, 0.717) is 10.8 Å². The molecule has 3 saturated carbocycles. The van der Waals surface area contributed by atoms with E-state index in [1.54, 1.807) is 18.2 Å². The second kappa shape index (κ2) is 8.89. The maximum atomic E-state index is 11.5. The summed E-state index contributed by atoms with van der Waals surface area (Å²) in [5.41, 5.74) is 3.80. The molecule has 0 bridgehead atoms. The van der Waals surface area contributed by atoms with Gasteiger partial charge < -0.3 is 9.64 Å². The van der Waals surface area contributed by atoms with E-state index in [0.717, 1.165) is 37.1 Å². The topological polar surface area (TPSA) is 41.9 Å². The number of allylic oxidation sites excluding steroid dienone is 1. The highest BCUT2D eigenvalue weighted by Crippen LogP contribution is 2.64. The quantitative estimate of drug-likeness (QED) is 0.308. The number of rotatable bonds is 5. The van der Waals surface area contributed by atoms with Crippen LogP contribution in [0.4, 0.5) is 0 Å². The Hall–Kier alpha value is -1.16. The average molecular weight is 441 g/mol. The van der Waals surface area contributed by atoms with Crippen molar-refractivity contribution in [1.82, 2.24) is 4.90 Å². The van der Waals surface area contributed by atoms with Gasteiger partial charge in [-0.05, 0) is 107 Å². The van der Waals surface area contributed by atoms with Crippen molar-refractivity contribution in [3.05, 3.63) is 11.6 Å². The van der Waals surface area contributed by atoms with Gasteiger partial charge in [0.15, 0.2) is 0 Å². The lowest BCUT2D eigenvalue weighted by Gasteiger charge is -2.57. The van der Waals surface area contributed by atoms with Crippen molar-refractivity contribution in [2.45, 2.75) is 97.5 Å². The van der Waals surface area contributed by atoms with Gasteiger partial charge in [-0.25, -0.2) is 0 Å². The molecular weight excluding hydrogens is 396 g/mol. The minimum Gasteiger partial charge on any atom is -0.462 e. The smallest absolute Gasteiger partial charge is 0.302 e. The zero-order valence-electron chi connectivity index (χ0n) is 20.7. The second-order valence-corrected chi connectivity index (χ2v) is 12.0. The highest BCUT2D eigenvalue weighted by Gasteiger charge is 2.57. The first-order valence-corrected chi connectivity index (χ1v) is 13.5. The molecule has 4 aliphatic carbocycles. The molecule has 6 atom stereocenters. The van der Waals surface area contributed by atoms with Crippen molar-refractivity contribution >= 4 is 11.7 Å². The molecular formula is C28H44N2O2. The monoisotopic (exact) mass is 440 g/mol. The van der Waals surface area contributed by atoms with Crippen molar-refractivity contribution in [3.8, 4) is 0 Å². The Labute approximate surface area is 195 Å². The molecule has 32 heavy (non-hydrogen) atoms. The molecule has 1 aliphatic heterocycles. The molecule has 0 N–H and O–H groups in total. The summed E-state index contributed by atoms with van der Waals surface area (Å²) in [7, 11) is 0. The molecule has 5 aliphatic rings. The molecule has 178 valence electrons. The van der Waals surface area contributed by atoms with Gasteiger partial charge in [0.2, 0.25) is 0 Å². The summed E-state index contributed by atoms with van der Waals surface area (Å²) in [4.78, 5) is 19.3. The molecule has 1 saturated heterocycles. The molecule has 4 nitrogen and oxygen atoms in total. The predicted molar refractivity (Wildman–Crippen MR) is 130 cm³/mol. The van der Waals surface area contributed by atoms with Crippen LogP contribution in [0, 0.1) is 28.6 Å². The van der Waals surface area contributed by atoms with Crippen molar-refractivity contribution in [2.24, 2.45) is 33.6 Å². The van der Waals surface area contributed by atoms with Crippen LogP contribution in [0.15, 0.2) is 16.6 Å². The fourth-order valence-electron chi connectivity index (χ4n) is 8.53. The summed E-state index contributed by atoms with van der Waals surface area (Å²) < 4.78 is 5.60. The van der Waals surface area contributed by atoms with Crippen LogP contribution in [-0.2, 0) is 9.53 Å². The summed E-state index contributed by atoms with van der Waals surface area (Å²) >= 11 is 0. The number of likely N-dealkylation sites (tertiary alicyclic amines) is 1. The third kappa shape index (κ3) is 3.99. The summed E-state index contributed by atoms with van der Waals surface area (Å²) in [5.74, 6) is 2.29. The van der Waals surface area contributed by atoms with E-state index in [1.165, 1.54) is 77.4 Å². The normalized spacial score (nSPS) is 42.8. The highest BCUT2D eigenvalue weighted by atomic mass is 16.5. The van der Waals surface area contributed by atoms with Crippen LogP contribution in [0.3, 0.4) is 0 Å². The number of fused-ring (bicyclic) bond motifs is 5. The fraction of sp³-hybridized carbons (Fsp3) is 0.857. The van der Waals surface area contributed by atoms with Crippen LogP contribution >= 0.6 is 0 Å². The predicted octanol–water partition coefficient (Wildman–Crippen LogP) is 5.81. The van der Waals surface area contributed by atoms with E-state index < -0.39 is 0 Å². The van der Waals surface area contributed by atoms with Crippen LogP contribution in [0.1, 0.15) is 91.4 Å². The maximum absolute atomic E-state index is 11.5. The lowest BCUT2D eigenvalue weighted by Crippen LogP contribution is -2.50. The first-order valence-electron chi connectivity index (χ1n) is 13.5. The van der Waals surface area contributed by atoms with Crippen LogP contribution < -0.4 is 0 Å². The third-order valence-corrected chi connectivity index (χ3v) is 10.3. The zero-order chi connectivity index (χ0) is 22.3. The molecule has 1 unspecified atom stereocenters. The van der Waals surface area contributed by atoms with E-state index >= 15 is 0 Å². The van der Waals surface area contributed by atoms with E-state index in [1.807, 2.05) is 0 Å². The van der Waals surface area contributed by atoms with Crippen LogP contribution in [0.2, 0.25) is 0 Å². The number of hydrogen-bond acceptors (Lipinski definition) is 4. The number of carbonyl (C=O) groups is 1. The third-order valence-electron chi connectivity index (χ3n) is 10.3. The van der Waals surface area contributed by atoms with Crippen LogP contribution in [0.25, 0.3) is 0 Å². The molecule has 4 fully saturated rings. The SMILES string of the molecule is CC(=O)OC1CC[C@@]2(C)C(=CC[C@@H]3[C@@H]2CC[C@]2(C)C(=NCCCN4CCCC4)CC[C@@H]32)C1. The van der Waals surface area contributed by atoms with Crippen molar-refractivity contribution in [2.75, 3.05) is 26.2 Å². The van der Waals surface area contributed by atoms with Gasteiger partial charge in [0.1, 0.15) is 6.10 Å². The van der Waals surface area contributed by atoms with Gasteiger partial charge in [0, 0.05) is 31.0 Å². The molecule has 5 rings (SSSR count). The highest BCUT2D eigenvalue weighted by molar-refractivity contribution is 5.92.